The highest BCUT2D eigenvalue weighted by Gasteiger charge is 2.22. The Hall–Kier alpha value is 0.110. The molecule has 1 rings (SSSR count). The van der Waals surface area contributed by atoms with E-state index in [0.29, 0.717) is 12.4 Å². The van der Waals surface area contributed by atoms with Gasteiger partial charge in [-0.1, -0.05) is 0 Å². The van der Waals surface area contributed by atoms with E-state index in [2.05, 4.69) is 5.32 Å². The molecule has 0 saturated carbocycles. The predicted molar refractivity (Wildman–Crippen MR) is 49.2 cm³/mol. The Kier molecular flexibility index (Phi) is 4.08. The molecule has 11 heavy (non-hydrogen) atoms. The fraction of sp³-hybridized carbons (Fsp3) is 0.857. The lowest BCUT2D eigenvalue weighted by atomic mass is 10.2. The quantitative estimate of drug-likeness (QED) is 0.684. The van der Waals surface area contributed by atoms with Gasteiger partial charge in [0.05, 0.1) is 5.25 Å². The molecule has 0 aromatic heterocycles. The maximum atomic E-state index is 11.2. The van der Waals surface area contributed by atoms with Gasteiger partial charge in [-0.15, -0.1) is 23.4 Å². The highest BCUT2D eigenvalue weighted by atomic mass is 35.5. The second-order valence-electron chi connectivity index (χ2n) is 2.48. The molecule has 1 amide bonds. The lowest BCUT2D eigenvalue weighted by Crippen LogP contribution is -2.32. The Labute approximate surface area is 76.1 Å². The number of halogens is 1. The number of amides is 1. The Morgan fingerprint density at radius 2 is 2.55 bits per heavy atom. The third-order valence-electron chi connectivity index (χ3n) is 1.62. The van der Waals surface area contributed by atoms with Crippen LogP contribution in [0.25, 0.3) is 0 Å². The van der Waals surface area contributed by atoms with Crippen molar-refractivity contribution >= 4 is 29.3 Å². The molecule has 0 aromatic carbocycles. The molecule has 0 bridgehead atoms. The minimum atomic E-state index is 0.160. The number of rotatable bonds is 3. The predicted octanol–water partition coefficient (Wildman–Crippen LogP) is 1.24. The van der Waals surface area contributed by atoms with Gasteiger partial charge in [0.1, 0.15) is 0 Å². The van der Waals surface area contributed by atoms with Crippen molar-refractivity contribution in [3.05, 3.63) is 0 Å². The molecule has 1 unspecified atom stereocenters. The van der Waals surface area contributed by atoms with E-state index in [-0.39, 0.29) is 11.2 Å². The Morgan fingerprint density at radius 1 is 1.73 bits per heavy atom. The molecule has 64 valence electrons. The fourth-order valence-electron chi connectivity index (χ4n) is 1.07. The third kappa shape index (κ3) is 2.91. The first-order chi connectivity index (χ1) is 5.34. The molecule has 1 N–H and O–H groups in total. The molecular formula is C7H12ClNOS. The monoisotopic (exact) mass is 193 g/mol. The Bertz CT molecular complexity index is 136. The van der Waals surface area contributed by atoms with Crippen LogP contribution in [-0.2, 0) is 4.79 Å². The molecule has 1 heterocycles. The summed E-state index contributed by atoms with van der Waals surface area (Å²) in [5, 5.41) is 2.98. The molecule has 0 aromatic rings. The van der Waals surface area contributed by atoms with Crippen molar-refractivity contribution in [2.24, 2.45) is 0 Å². The van der Waals surface area contributed by atoms with E-state index in [1.807, 2.05) is 0 Å². The third-order valence-corrected chi connectivity index (χ3v) is 3.18. The zero-order valence-electron chi connectivity index (χ0n) is 6.31. The molecule has 1 aliphatic heterocycles. The zero-order valence-corrected chi connectivity index (χ0v) is 7.88. The Balaban J connectivity index is 2.17. The highest BCUT2D eigenvalue weighted by Crippen LogP contribution is 2.25. The molecule has 1 atom stereocenters. The second-order valence-corrected chi connectivity index (χ2v) is 4.17. The van der Waals surface area contributed by atoms with Gasteiger partial charge in [-0.05, 0) is 18.6 Å². The van der Waals surface area contributed by atoms with Crippen LogP contribution in [0, 0.1) is 0 Å². The minimum Gasteiger partial charge on any atom is -0.354 e. The van der Waals surface area contributed by atoms with Gasteiger partial charge >= 0.3 is 0 Å². The molecule has 2 nitrogen and oxygen atoms in total. The van der Waals surface area contributed by atoms with Crippen LogP contribution >= 0.6 is 23.4 Å². The van der Waals surface area contributed by atoms with Crippen LogP contribution in [0.5, 0.6) is 0 Å². The topological polar surface area (TPSA) is 29.1 Å². The van der Waals surface area contributed by atoms with Crippen molar-refractivity contribution < 1.29 is 4.79 Å². The molecule has 1 fully saturated rings. The summed E-state index contributed by atoms with van der Waals surface area (Å²) in [6.07, 6.45) is 2.20. The second kappa shape index (κ2) is 4.88. The van der Waals surface area contributed by atoms with Gasteiger partial charge < -0.3 is 5.32 Å². The first-order valence-electron chi connectivity index (χ1n) is 3.80. The lowest BCUT2D eigenvalue weighted by Gasteiger charge is -2.07. The summed E-state index contributed by atoms with van der Waals surface area (Å²) >= 11 is 7.18. The summed E-state index contributed by atoms with van der Waals surface area (Å²) in [7, 11) is 0. The van der Waals surface area contributed by atoms with E-state index < -0.39 is 0 Å². The van der Waals surface area contributed by atoms with Crippen molar-refractivity contribution in [1.29, 1.82) is 0 Å². The van der Waals surface area contributed by atoms with Gasteiger partial charge in [0.25, 0.3) is 0 Å². The maximum absolute atomic E-state index is 11.2. The zero-order chi connectivity index (χ0) is 8.10. The molecule has 0 aliphatic carbocycles. The molecule has 1 aliphatic rings. The maximum Gasteiger partial charge on any atom is 0.233 e. The number of nitrogens with one attached hydrogen (secondary N) is 1. The van der Waals surface area contributed by atoms with E-state index >= 15 is 0 Å². The van der Waals surface area contributed by atoms with Gasteiger partial charge in [0, 0.05) is 12.4 Å². The summed E-state index contributed by atoms with van der Waals surface area (Å²) in [6.45, 7) is 0.595. The van der Waals surface area contributed by atoms with E-state index in [1.165, 1.54) is 6.42 Å². The van der Waals surface area contributed by atoms with Gasteiger partial charge in [-0.2, -0.15) is 0 Å². The number of hydrogen-bond acceptors (Lipinski definition) is 2. The average molecular weight is 194 g/mol. The van der Waals surface area contributed by atoms with Crippen LogP contribution in [0.3, 0.4) is 0 Å². The smallest absolute Gasteiger partial charge is 0.233 e. The Morgan fingerprint density at radius 3 is 3.09 bits per heavy atom. The van der Waals surface area contributed by atoms with Crippen LogP contribution in [0.15, 0.2) is 0 Å². The number of alkyl halides is 1. The average Bonchev–Trinajstić information content (AvgIpc) is 2.52. The summed E-state index contributed by atoms with van der Waals surface area (Å²) in [6, 6.07) is 0. The van der Waals surface area contributed by atoms with Crippen molar-refractivity contribution in [1.82, 2.24) is 5.32 Å². The van der Waals surface area contributed by atoms with E-state index in [0.717, 1.165) is 12.2 Å². The summed E-state index contributed by atoms with van der Waals surface area (Å²) in [5.74, 6) is 1.79. The number of hydrogen-bond donors (Lipinski definition) is 1. The van der Waals surface area contributed by atoms with Crippen molar-refractivity contribution in [3.8, 4) is 0 Å². The summed E-state index contributed by atoms with van der Waals surface area (Å²) in [5.41, 5.74) is 0. The molecule has 4 heteroatoms. The number of carbonyl (C=O) groups is 1. The normalized spacial score (nSPS) is 23.5. The first-order valence-corrected chi connectivity index (χ1v) is 5.38. The fourth-order valence-corrected chi connectivity index (χ4v) is 2.35. The lowest BCUT2D eigenvalue weighted by molar-refractivity contribution is -0.120. The van der Waals surface area contributed by atoms with Crippen molar-refractivity contribution in [2.75, 3.05) is 18.2 Å². The van der Waals surface area contributed by atoms with Gasteiger partial charge in [0.15, 0.2) is 0 Å². The van der Waals surface area contributed by atoms with Gasteiger partial charge in [-0.25, -0.2) is 0 Å². The minimum absolute atomic E-state index is 0.160. The van der Waals surface area contributed by atoms with E-state index in [4.69, 9.17) is 11.6 Å². The molecular weight excluding hydrogens is 182 g/mol. The molecule has 0 radical (unpaired) electrons. The van der Waals surface area contributed by atoms with Crippen LogP contribution in [-0.4, -0.2) is 29.3 Å². The largest absolute Gasteiger partial charge is 0.354 e. The summed E-state index contributed by atoms with van der Waals surface area (Å²) < 4.78 is 0. The van der Waals surface area contributed by atoms with Crippen LogP contribution < -0.4 is 5.32 Å². The standard InChI is InChI=1S/C7H12ClNOS/c8-3-4-9-7(10)6-2-1-5-11-6/h6H,1-5H2,(H,9,10). The van der Waals surface area contributed by atoms with E-state index in [9.17, 15) is 4.79 Å². The van der Waals surface area contributed by atoms with Crippen LogP contribution in [0.2, 0.25) is 0 Å². The van der Waals surface area contributed by atoms with Crippen LogP contribution in [0.4, 0.5) is 0 Å². The van der Waals surface area contributed by atoms with Gasteiger partial charge in [0.2, 0.25) is 5.91 Å². The number of carbonyl (C=O) groups excluding carboxylic acids is 1. The van der Waals surface area contributed by atoms with Crippen molar-refractivity contribution in [3.63, 3.8) is 0 Å². The molecule has 1 saturated heterocycles. The number of thioether (sulfide) groups is 1. The molecule has 0 spiro atoms. The summed E-state index contributed by atoms with van der Waals surface area (Å²) in [4.78, 5) is 11.2. The van der Waals surface area contributed by atoms with Crippen LogP contribution in [0.1, 0.15) is 12.8 Å². The van der Waals surface area contributed by atoms with Crippen molar-refractivity contribution in [2.45, 2.75) is 18.1 Å². The SMILES string of the molecule is O=C(NCCCl)C1CCCS1. The first kappa shape index (κ1) is 9.20. The van der Waals surface area contributed by atoms with E-state index in [1.54, 1.807) is 11.8 Å². The van der Waals surface area contributed by atoms with Gasteiger partial charge in [-0.3, -0.25) is 4.79 Å². The highest BCUT2D eigenvalue weighted by molar-refractivity contribution is 8.00.